The van der Waals surface area contributed by atoms with Crippen LogP contribution in [0.2, 0.25) is 0 Å². The van der Waals surface area contributed by atoms with Gasteiger partial charge in [0.25, 0.3) is 0 Å². The Bertz CT molecular complexity index is 251. The summed E-state index contributed by atoms with van der Waals surface area (Å²) in [7, 11) is 0. The van der Waals surface area contributed by atoms with E-state index in [2.05, 4.69) is 0 Å². The molecule has 0 aromatic carbocycles. The van der Waals surface area contributed by atoms with Gasteiger partial charge < -0.3 is 9.47 Å². The van der Waals surface area contributed by atoms with Crippen molar-refractivity contribution >= 4 is 11.9 Å². The lowest BCUT2D eigenvalue weighted by atomic mass is 9.97. The van der Waals surface area contributed by atoms with E-state index < -0.39 is 17.5 Å². The van der Waals surface area contributed by atoms with Crippen molar-refractivity contribution in [3.8, 4) is 0 Å². The Labute approximate surface area is 83.6 Å². The largest absolute Gasteiger partial charge is 0.460 e. The van der Waals surface area contributed by atoms with Gasteiger partial charge in [0.2, 0.25) is 6.10 Å². The molecular formula is C10H16O4. The van der Waals surface area contributed by atoms with E-state index in [0.29, 0.717) is 6.42 Å². The maximum Gasteiger partial charge on any atom is 0.347 e. The number of hydrogen-bond donors (Lipinski definition) is 0. The Morgan fingerprint density at radius 2 is 2.07 bits per heavy atom. The zero-order chi connectivity index (χ0) is 10.9. The number of rotatable bonds is 1. The number of esters is 2. The van der Waals surface area contributed by atoms with Gasteiger partial charge in [-0.15, -0.1) is 0 Å². The maximum atomic E-state index is 11.4. The van der Waals surface area contributed by atoms with Gasteiger partial charge in [-0.3, -0.25) is 4.79 Å². The second kappa shape index (κ2) is 3.59. The van der Waals surface area contributed by atoms with Crippen LogP contribution in [-0.4, -0.2) is 24.1 Å². The zero-order valence-electron chi connectivity index (χ0n) is 8.99. The molecule has 0 bridgehead atoms. The Morgan fingerprint density at radius 3 is 2.43 bits per heavy atom. The minimum Gasteiger partial charge on any atom is -0.460 e. The number of carbonyl (C=O) groups excluding carboxylic acids is 2. The summed E-state index contributed by atoms with van der Waals surface area (Å²) in [6.45, 7) is 7.03. The highest BCUT2D eigenvalue weighted by Gasteiger charge is 2.37. The first-order valence-electron chi connectivity index (χ1n) is 4.72. The molecule has 2 unspecified atom stereocenters. The van der Waals surface area contributed by atoms with Gasteiger partial charge in [-0.2, -0.15) is 0 Å². The fourth-order valence-corrected chi connectivity index (χ4v) is 1.12. The van der Waals surface area contributed by atoms with E-state index in [4.69, 9.17) is 9.47 Å². The van der Waals surface area contributed by atoms with Gasteiger partial charge >= 0.3 is 11.9 Å². The Balaban J connectivity index is 2.54. The molecule has 0 N–H and O–H groups in total. The van der Waals surface area contributed by atoms with Crippen LogP contribution in [-0.2, 0) is 19.1 Å². The first-order valence-corrected chi connectivity index (χ1v) is 4.72. The molecule has 80 valence electrons. The summed E-state index contributed by atoms with van der Waals surface area (Å²) in [5, 5.41) is 0. The lowest BCUT2D eigenvalue weighted by Gasteiger charge is -2.18. The van der Waals surface area contributed by atoms with E-state index in [0.717, 1.165) is 0 Å². The molecular weight excluding hydrogens is 184 g/mol. The van der Waals surface area contributed by atoms with Gasteiger partial charge in [0.05, 0.1) is 5.41 Å². The molecule has 0 amide bonds. The van der Waals surface area contributed by atoms with E-state index in [-0.39, 0.29) is 12.1 Å². The molecule has 0 aromatic heterocycles. The highest BCUT2D eigenvalue weighted by Crippen LogP contribution is 2.22. The Kier molecular flexibility index (Phi) is 2.83. The summed E-state index contributed by atoms with van der Waals surface area (Å²) in [6, 6.07) is 0. The maximum absolute atomic E-state index is 11.4. The molecule has 1 aliphatic rings. The number of hydrogen-bond acceptors (Lipinski definition) is 4. The van der Waals surface area contributed by atoms with Crippen LogP contribution in [0.25, 0.3) is 0 Å². The molecule has 1 heterocycles. The van der Waals surface area contributed by atoms with Crippen molar-refractivity contribution in [1.82, 2.24) is 0 Å². The summed E-state index contributed by atoms with van der Waals surface area (Å²) >= 11 is 0. The van der Waals surface area contributed by atoms with Crippen molar-refractivity contribution in [2.45, 2.75) is 46.3 Å². The normalized spacial score (nSPS) is 27.3. The summed E-state index contributed by atoms with van der Waals surface area (Å²) in [5.41, 5.74) is -0.577. The molecule has 1 fully saturated rings. The molecule has 1 rings (SSSR count). The van der Waals surface area contributed by atoms with E-state index in [1.807, 2.05) is 0 Å². The van der Waals surface area contributed by atoms with Crippen molar-refractivity contribution in [2.75, 3.05) is 0 Å². The van der Waals surface area contributed by atoms with E-state index >= 15 is 0 Å². The summed E-state index contributed by atoms with van der Waals surface area (Å²) < 4.78 is 9.92. The van der Waals surface area contributed by atoms with Gasteiger partial charge in [0.15, 0.2) is 0 Å². The summed E-state index contributed by atoms with van der Waals surface area (Å²) in [5.74, 6) is -0.802. The van der Waals surface area contributed by atoms with Crippen LogP contribution in [0.3, 0.4) is 0 Å². The van der Waals surface area contributed by atoms with Crippen LogP contribution in [0.1, 0.15) is 34.1 Å². The monoisotopic (exact) mass is 200 g/mol. The molecule has 0 saturated carbocycles. The van der Waals surface area contributed by atoms with Crippen molar-refractivity contribution < 1.29 is 19.1 Å². The third-order valence-corrected chi connectivity index (χ3v) is 1.99. The predicted octanol–water partition coefficient (Wildman–Crippen LogP) is 1.28. The summed E-state index contributed by atoms with van der Waals surface area (Å²) in [6.07, 6.45) is -0.405. The molecule has 4 nitrogen and oxygen atoms in total. The van der Waals surface area contributed by atoms with Crippen LogP contribution >= 0.6 is 0 Å². The molecule has 14 heavy (non-hydrogen) atoms. The molecule has 0 aliphatic carbocycles. The van der Waals surface area contributed by atoms with E-state index in [9.17, 15) is 9.59 Å². The van der Waals surface area contributed by atoms with Crippen LogP contribution in [0, 0.1) is 5.41 Å². The minimum atomic E-state index is -0.711. The zero-order valence-corrected chi connectivity index (χ0v) is 8.99. The van der Waals surface area contributed by atoms with Gasteiger partial charge in [0, 0.05) is 6.42 Å². The standard InChI is InChI=1S/C10H16O4/c1-6-5-7(8(11)13-6)14-9(12)10(2,3)4/h6-7H,5H2,1-4H3. The number of ether oxygens (including phenoxy) is 2. The van der Waals surface area contributed by atoms with Gasteiger partial charge in [-0.05, 0) is 27.7 Å². The first kappa shape index (κ1) is 11.0. The lowest BCUT2D eigenvalue weighted by molar-refractivity contribution is -0.166. The van der Waals surface area contributed by atoms with Gasteiger partial charge in [0.1, 0.15) is 6.10 Å². The van der Waals surface area contributed by atoms with Crippen LogP contribution in [0.15, 0.2) is 0 Å². The topological polar surface area (TPSA) is 52.6 Å². The molecule has 1 saturated heterocycles. The second-order valence-electron chi connectivity index (χ2n) is 4.63. The van der Waals surface area contributed by atoms with Crippen LogP contribution in [0.5, 0.6) is 0 Å². The van der Waals surface area contributed by atoms with Crippen molar-refractivity contribution in [3.05, 3.63) is 0 Å². The number of carbonyl (C=O) groups is 2. The fourth-order valence-electron chi connectivity index (χ4n) is 1.12. The van der Waals surface area contributed by atoms with Crippen molar-refractivity contribution in [1.29, 1.82) is 0 Å². The van der Waals surface area contributed by atoms with Crippen LogP contribution < -0.4 is 0 Å². The first-order chi connectivity index (χ1) is 6.30. The van der Waals surface area contributed by atoms with E-state index in [1.165, 1.54) is 0 Å². The average Bonchev–Trinajstić information content (AvgIpc) is 2.28. The second-order valence-corrected chi connectivity index (χ2v) is 4.63. The van der Waals surface area contributed by atoms with Crippen LogP contribution in [0.4, 0.5) is 0 Å². The number of cyclic esters (lactones) is 1. The third kappa shape index (κ3) is 2.47. The van der Waals surface area contributed by atoms with Crippen molar-refractivity contribution in [3.63, 3.8) is 0 Å². The Morgan fingerprint density at radius 1 is 1.50 bits per heavy atom. The average molecular weight is 200 g/mol. The highest BCUT2D eigenvalue weighted by atomic mass is 16.6. The quantitative estimate of drug-likeness (QED) is 0.598. The molecule has 4 heteroatoms. The molecule has 0 radical (unpaired) electrons. The predicted molar refractivity (Wildman–Crippen MR) is 49.5 cm³/mol. The smallest absolute Gasteiger partial charge is 0.347 e. The SMILES string of the molecule is CC1CC(OC(=O)C(C)(C)C)C(=O)O1. The molecule has 0 spiro atoms. The minimum absolute atomic E-state index is 0.153. The Hall–Kier alpha value is -1.06. The van der Waals surface area contributed by atoms with E-state index in [1.54, 1.807) is 27.7 Å². The lowest BCUT2D eigenvalue weighted by Crippen LogP contribution is -2.30. The fraction of sp³-hybridized carbons (Fsp3) is 0.800. The molecule has 2 atom stereocenters. The molecule has 1 aliphatic heterocycles. The highest BCUT2D eigenvalue weighted by molar-refractivity contribution is 5.82. The summed E-state index contributed by atoms with van der Waals surface area (Å²) in [4.78, 5) is 22.6. The third-order valence-electron chi connectivity index (χ3n) is 1.99. The van der Waals surface area contributed by atoms with Gasteiger partial charge in [-0.25, -0.2) is 4.79 Å². The van der Waals surface area contributed by atoms with Crippen molar-refractivity contribution in [2.24, 2.45) is 5.41 Å². The van der Waals surface area contributed by atoms with Gasteiger partial charge in [-0.1, -0.05) is 0 Å². The molecule has 0 aromatic rings.